The number of nitrogens with two attached hydrogens (primary N) is 1. The van der Waals surface area contributed by atoms with E-state index in [4.69, 9.17) is 10.9 Å². The van der Waals surface area contributed by atoms with Gasteiger partial charge in [0.2, 0.25) is 0 Å². The molecule has 0 radical (unpaired) electrons. The Bertz CT molecular complexity index is 632. The summed E-state index contributed by atoms with van der Waals surface area (Å²) in [5.41, 5.74) is 8.59. The number of aryl methyl sites for hydroxylation is 1. The molecule has 3 N–H and O–H groups in total. The van der Waals surface area contributed by atoms with Crippen molar-refractivity contribution in [2.75, 3.05) is 0 Å². The molecule has 98 valence electrons. The van der Waals surface area contributed by atoms with Crippen LogP contribution >= 0.6 is 0 Å². The highest BCUT2D eigenvalue weighted by Gasteiger charge is 2.18. The minimum absolute atomic E-state index is 0.0770. The molecular weight excluding hydrogens is 242 g/mol. The summed E-state index contributed by atoms with van der Waals surface area (Å²) in [6, 6.07) is 3.65. The van der Waals surface area contributed by atoms with Crippen molar-refractivity contribution in [3.8, 4) is 5.82 Å². The van der Waals surface area contributed by atoms with Crippen LogP contribution in [-0.2, 0) is 12.8 Å². The Morgan fingerprint density at radius 2 is 2.16 bits per heavy atom. The number of nitrogens with zero attached hydrogens (tertiary/aromatic N) is 4. The Kier molecular flexibility index (Phi) is 2.91. The molecule has 0 unspecified atom stereocenters. The zero-order chi connectivity index (χ0) is 13.2. The van der Waals surface area contributed by atoms with Crippen LogP contribution in [0.15, 0.2) is 29.8 Å². The lowest BCUT2D eigenvalue weighted by molar-refractivity contribution is 0.318. The summed E-state index contributed by atoms with van der Waals surface area (Å²) in [4.78, 5) is 8.72. The van der Waals surface area contributed by atoms with Crippen LogP contribution in [0.25, 0.3) is 5.82 Å². The number of aromatic nitrogens is 3. The third kappa shape index (κ3) is 1.95. The van der Waals surface area contributed by atoms with Crippen LogP contribution in [0.2, 0.25) is 0 Å². The van der Waals surface area contributed by atoms with E-state index in [9.17, 15) is 0 Å². The first-order chi connectivity index (χ1) is 9.31. The molecule has 0 saturated carbocycles. The molecule has 6 heteroatoms. The van der Waals surface area contributed by atoms with E-state index in [0.29, 0.717) is 5.69 Å². The second-order valence-corrected chi connectivity index (χ2v) is 4.58. The van der Waals surface area contributed by atoms with Crippen molar-refractivity contribution in [2.24, 2.45) is 10.9 Å². The lowest BCUT2D eigenvalue weighted by Crippen LogP contribution is -2.20. The molecule has 0 aliphatic heterocycles. The standard InChI is InChI=1S/C13H15N5O/c14-12(17-19)11-6-3-7-18(11)13-9-4-1-2-5-10(9)15-8-16-13/h3,6-8,19H,1-2,4-5H2,(H2,14,17). The van der Waals surface area contributed by atoms with Gasteiger partial charge < -0.3 is 10.9 Å². The first-order valence-corrected chi connectivity index (χ1v) is 6.29. The van der Waals surface area contributed by atoms with Gasteiger partial charge in [-0.25, -0.2) is 9.97 Å². The summed E-state index contributed by atoms with van der Waals surface area (Å²) in [5, 5.41) is 11.9. The first kappa shape index (κ1) is 11.7. The second-order valence-electron chi connectivity index (χ2n) is 4.58. The van der Waals surface area contributed by atoms with Crippen LogP contribution in [0.4, 0.5) is 0 Å². The van der Waals surface area contributed by atoms with Crippen LogP contribution < -0.4 is 5.73 Å². The number of fused-ring (bicyclic) bond motifs is 1. The minimum Gasteiger partial charge on any atom is -0.409 e. The van der Waals surface area contributed by atoms with E-state index in [1.807, 2.05) is 16.8 Å². The first-order valence-electron chi connectivity index (χ1n) is 6.29. The Balaban J connectivity index is 2.15. The number of hydrogen-bond acceptors (Lipinski definition) is 4. The average molecular weight is 257 g/mol. The number of rotatable bonds is 2. The maximum Gasteiger partial charge on any atom is 0.187 e. The second kappa shape index (κ2) is 4.72. The predicted octanol–water partition coefficient (Wildman–Crippen LogP) is 1.24. The van der Waals surface area contributed by atoms with Crippen molar-refractivity contribution in [1.29, 1.82) is 0 Å². The Morgan fingerprint density at radius 3 is 3.00 bits per heavy atom. The largest absolute Gasteiger partial charge is 0.409 e. The fourth-order valence-electron chi connectivity index (χ4n) is 2.54. The van der Waals surface area contributed by atoms with Gasteiger partial charge in [-0.3, -0.25) is 4.57 Å². The fraction of sp³-hybridized carbons (Fsp3) is 0.308. The molecule has 3 rings (SSSR count). The summed E-state index contributed by atoms with van der Waals surface area (Å²) < 4.78 is 1.85. The Labute approximate surface area is 110 Å². The summed E-state index contributed by atoms with van der Waals surface area (Å²) in [6.07, 6.45) is 7.72. The molecule has 0 fully saturated rings. The van der Waals surface area contributed by atoms with E-state index in [-0.39, 0.29) is 5.84 Å². The molecule has 0 spiro atoms. The lowest BCUT2D eigenvalue weighted by Gasteiger charge is -2.18. The topological polar surface area (TPSA) is 89.3 Å². The highest BCUT2D eigenvalue weighted by molar-refractivity contribution is 5.96. The van der Waals surface area contributed by atoms with Gasteiger partial charge >= 0.3 is 0 Å². The molecule has 0 bridgehead atoms. The molecule has 0 atom stereocenters. The van der Waals surface area contributed by atoms with Crippen LogP contribution in [0.3, 0.4) is 0 Å². The van der Waals surface area contributed by atoms with Gasteiger partial charge in [-0.2, -0.15) is 0 Å². The molecule has 1 aliphatic rings. The van der Waals surface area contributed by atoms with Gasteiger partial charge in [0, 0.05) is 17.5 Å². The minimum atomic E-state index is 0.0770. The van der Waals surface area contributed by atoms with Gasteiger partial charge in [0.05, 0.1) is 5.69 Å². The average Bonchev–Trinajstić information content (AvgIpc) is 2.95. The third-order valence-corrected chi connectivity index (χ3v) is 3.45. The van der Waals surface area contributed by atoms with Gasteiger partial charge in [0.15, 0.2) is 5.84 Å². The lowest BCUT2D eigenvalue weighted by atomic mass is 9.96. The van der Waals surface area contributed by atoms with Gasteiger partial charge in [0.1, 0.15) is 12.1 Å². The van der Waals surface area contributed by atoms with E-state index in [0.717, 1.165) is 36.3 Å². The summed E-state index contributed by atoms with van der Waals surface area (Å²) in [6.45, 7) is 0. The molecule has 6 nitrogen and oxygen atoms in total. The normalized spacial score (nSPS) is 15.3. The van der Waals surface area contributed by atoms with E-state index in [2.05, 4.69) is 15.1 Å². The molecule has 2 aromatic rings. The summed E-state index contributed by atoms with van der Waals surface area (Å²) >= 11 is 0. The SMILES string of the molecule is N/C(=N/O)c1cccn1-c1ncnc2c1CCCC2. The molecule has 0 saturated heterocycles. The van der Waals surface area contributed by atoms with Gasteiger partial charge in [-0.1, -0.05) is 5.16 Å². The van der Waals surface area contributed by atoms with Gasteiger partial charge in [-0.05, 0) is 37.8 Å². The van der Waals surface area contributed by atoms with Crippen molar-refractivity contribution in [1.82, 2.24) is 14.5 Å². The third-order valence-electron chi connectivity index (χ3n) is 3.45. The van der Waals surface area contributed by atoms with Crippen LogP contribution in [-0.4, -0.2) is 25.6 Å². The van der Waals surface area contributed by atoms with Gasteiger partial charge in [-0.15, -0.1) is 0 Å². The summed E-state index contributed by atoms with van der Waals surface area (Å²) in [7, 11) is 0. The maximum absolute atomic E-state index is 8.83. The highest BCUT2D eigenvalue weighted by atomic mass is 16.4. The van der Waals surface area contributed by atoms with Crippen molar-refractivity contribution < 1.29 is 5.21 Å². The molecule has 19 heavy (non-hydrogen) atoms. The van der Waals surface area contributed by atoms with Crippen LogP contribution in [0, 0.1) is 0 Å². The molecular formula is C13H15N5O. The molecule has 0 aromatic carbocycles. The zero-order valence-electron chi connectivity index (χ0n) is 10.5. The molecule has 2 aromatic heterocycles. The Morgan fingerprint density at radius 1 is 1.32 bits per heavy atom. The molecule has 2 heterocycles. The highest BCUT2D eigenvalue weighted by Crippen LogP contribution is 2.24. The van der Waals surface area contributed by atoms with E-state index in [1.54, 1.807) is 12.4 Å². The van der Waals surface area contributed by atoms with Crippen molar-refractivity contribution in [3.63, 3.8) is 0 Å². The van der Waals surface area contributed by atoms with E-state index < -0.39 is 0 Å². The molecule has 0 amide bonds. The molecule has 1 aliphatic carbocycles. The zero-order valence-corrected chi connectivity index (χ0v) is 10.5. The van der Waals surface area contributed by atoms with E-state index >= 15 is 0 Å². The van der Waals surface area contributed by atoms with Gasteiger partial charge in [0.25, 0.3) is 0 Å². The monoisotopic (exact) mass is 257 g/mol. The number of amidine groups is 1. The smallest absolute Gasteiger partial charge is 0.187 e. The number of hydrogen-bond donors (Lipinski definition) is 2. The van der Waals surface area contributed by atoms with Crippen LogP contribution in [0.1, 0.15) is 29.8 Å². The van der Waals surface area contributed by atoms with E-state index in [1.165, 1.54) is 6.42 Å². The quantitative estimate of drug-likeness (QED) is 0.366. The van der Waals surface area contributed by atoms with Crippen LogP contribution in [0.5, 0.6) is 0 Å². The fourth-order valence-corrected chi connectivity index (χ4v) is 2.54. The predicted molar refractivity (Wildman–Crippen MR) is 70.5 cm³/mol. The van der Waals surface area contributed by atoms with Crippen molar-refractivity contribution in [3.05, 3.63) is 41.6 Å². The van der Waals surface area contributed by atoms with Crippen molar-refractivity contribution in [2.45, 2.75) is 25.7 Å². The number of oxime groups is 1. The van der Waals surface area contributed by atoms with Crippen molar-refractivity contribution >= 4 is 5.84 Å². The maximum atomic E-state index is 8.83. The Hall–Kier alpha value is -2.37. The summed E-state index contributed by atoms with van der Waals surface area (Å²) in [5.74, 6) is 0.907.